The predicted molar refractivity (Wildman–Crippen MR) is 78.3 cm³/mol. The first-order valence-electron chi connectivity index (χ1n) is 7.11. The Morgan fingerprint density at radius 2 is 1.04 bits per heavy atom. The van der Waals surface area contributed by atoms with Gasteiger partial charge in [0.25, 0.3) is 0 Å². The van der Waals surface area contributed by atoms with Crippen molar-refractivity contribution < 1.29 is 70.6 Å². The van der Waals surface area contributed by atoms with Crippen molar-refractivity contribution in [2.75, 3.05) is 0 Å². The Kier molecular flexibility index (Phi) is 15.8. The zero-order valence-electron chi connectivity index (χ0n) is 15.7. The summed E-state index contributed by atoms with van der Waals surface area (Å²) in [5.74, 6) is 0. The fourth-order valence-corrected chi connectivity index (χ4v) is 1.15. The molecule has 0 fully saturated rings. The van der Waals surface area contributed by atoms with E-state index in [9.17, 15) is 39.5 Å². The van der Waals surface area contributed by atoms with Crippen LogP contribution in [0.15, 0.2) is 3.34 Å². The number of halogens is 9. The average Bonchev–Trinajstić information content (AvgIpc) is 2.42. The first kappa shape index (κ1) is 34.3. The molecule has 3 nitrogen and oxygen atoms in total. The van der Waals surface area contributed by atoms with Crippen LogP contribution in [0, 0.1) is 7.43 Å². The molecular weight excluding hydrogens is 566 g/mol. The molecule has 167 valence electrons. The molecule has 0 aromatic rings. The summed E-state index contributed by atoms with van der Waals surface area (Å²) in [7, 11) is 0. The van der Waals surface area contributed by atoms with E-state index in [0.717, 1.165) is 6.42 Å². The molecule has 0 aliphatic heterocycles. The van der Waals surface area contributed by atoms with Crippen LogP contribution in [-0.4, -0.2) is 46.0 Å². The van der Waals surface area contributed by atoms with Crippen LogP contribution in [0.4, 0.5) is 39.5 Å². The van der Waals surface area contributed by atoms with E-state index in [1.807, 2.05) is 6.92 Å². The first-order valence-corrected chi connectivity index (χ1v) is 8.55. The van der Waals surface area contributed by atoms with Crippen molar-refractivity contribution >= 4 is 0 Å². The first-order chi connectivity index (χ1) is 11.1. The number of nitrogens with zero attached hydrogens (tertiary/aromatic N) is 1. The van der Waals surface area contributed by atoms with E-state index in [1.54, 1.807) is 13.8 Å². The van der Waals surface area contributed by atoms with Crippen LogP contribution in [0.2, 0.25) is 0 Å². The topological polar surface area (TPSA) is 52.8 Å². The van der Waals surface area contributed by atoms with Gasteiger partial charge in [-0.05, 0) is 20.3 Å². The van der Waals surface area contributed by atoms with Crippen molar-refractivity contribution in [2.24, 2.45) is 3.34 Å². The Morgan fingerprint density at radius 1 is 0.815 bits per heavy atom. The molecule has 0 saturated carbocycles. The minimum absolute atomic E-state index is 0. The molecule has 0 heterocycles. The van der Waals surface area contributed by atoms with Gasteiger partial charge in [-0.2, -0.15) is 39.5 Å². The van der Waals surface area contributed by atoms with Crippen LogP contribution < -0.4 is 0 Å². The smallest absolute Gasteiger partial charge is 0.367 e. The normalized spacial score (nSPS) is 13.9. The molecule has 0 radical (unpaired) electrons. The summed E-state index contributed by atoms with van der Waals surface area (Å²) in [5.41, 5.74) is -7.15. The van der Waals surface area contributed by atoms with Gasteiger partial charge in [0.1, 0.15) is 0 Å². The second-order valence-electron chi connectivity index (χ2n) is 5.74. The number of rotatable bonds is 3. The fraction of sp³-hybridized carbons (Fsp3) is 0.929. The molecule has 0 amide bonds. The minimum Gasteiger partial charge on any atom is -0.367 e. The second-order valence-corrected chi connectivity index (χ2v) is 6.57. The van der Waals surface area contributed by atoms with Crippen LogP contribution >= 0.6 is 0 Å². The van der Waals surface area contributed by atoms with Gasteiger partial charge in [-0.1, -0.05) is 6.92 Å². The van der Waals surface area contributed by atoms with Gasteiger partial charge in [0, 0.05) is 0 Å². The number of hydrogen-bond acceptors (Lipinski definition) is 3. The monoisotopic (exact) mass is 591 g/mol. The summed E-state index contributed by atoms with van der Waals surface area (Å²) in [4.78, 5) is 0. The second kappa shape index (κ2) is 12.4. The third-order valence-electron chi connectivity index (χ3n) is 2.88. The van der Waals surface area contributed by atoms with E-state index in [0.29, 0.717) is 6.04 Å². The Bertz CT molecular complexity index is 365. The maximum Gasteiger partial charge on any atom is 0.435 e. The summed E-state index contributed by atoms with van der Waals surface area (Å²) < 4.78 is 107. The van der Waals surface area contributed by atoms with Gasteiger partial charge in [0.2, 0.25) is 0 Å². The van der Waals surface area contributed by atoms with Crippen molar-refractivity contribution in [1.82, 2.24) is 0 Å². The molecule has 0 aliphatic rings. The molecule has 27 heavy (non-hydrogen) atoms. The Labute approximate surface area is 165 Å². The molecule has 13 heteroatoms. The summed E-state index contributed by atoms with van der Waals surface area (Å²) in [6.07, 6.45) is -18.6. The maximum atomic E-state index is 11.4. The van der Waals surface area contributed by atoms with Crippen molar-refractivity contribution in [3.8, 4) is 0 Å². The van der Waals surface area contributed by atoms with Gasteiger partial charge in [0.15, 0.2) is 0 Å². The predicted octanol–water partition coefficient (Wildman–Crippen LogP) is 5.54. The molecule has 0 rings (SSSR count). The van der Waals surface area contributed by atoms with Gasteiger partial charge < -0.3 is 17.6 Å². The summed E-state index contributed by atoms with van der Waals surface area (Å²) in [6.45, 7) is 9.85. The molecule has 0 bridgehead atoms. The Hall–Kier alpha value is -0.170. The van der Waals surface area contributed by atoms with Gasteiger partial charge in [-0.25, -0.2) is 0 Å². The van der Waals surface area contributed by atoms with E-state index >= 15 is 0 Å². The summed E-state index contributed by atoms with van der Waals surface area (Å²) in [5, 5.41) is 16.5. The molecule has 0 aliphatic carbocycles. The Morgan fingerprint density at radius 3 is 1.04 bits per heavy atom. The zero-order chi connectivity index (χ0) is 22.2. The Balaban J connectivity index is -0.000000170. The third-order valence-corrected chi connectivity index (χ3v) is 4.30. The van der Waals surface area contributed by atoms with Gasteiger partial charge in [-0.3, -0.25) is 0 Å². The van der Waals surface area contributed by atoms with Gasteiger partial charge >= 0.3 is 74.7 Å². The molecule has 0 aromatic carbocycles. The molecule has 0 saturated heterocycles. The SMILES string of the molecule is CCC(C)(C)O.CCC(C)[N]=[Ta].OC(C(F)(F)F)(C(F)(F)F)C(F)(F)F.[CH3-]. The minimum atomic E-state index is -6.87. The van der Waals surface area contributed by atoms with E-state index < -0.39 is 29.7 Å². The summed E-state index contributed by atoms with van der Waals surface area (Å²) in [6, 6.07) is 0.610. The molecular formula is C14H25F9NO2Ta-. The van der Waals surface area contributed by atoms with E-state index in [-0.39, 0.29) is 7.43 Å². The maximum absolute atomic E-state index is 11.4. The average molecular weight is 591 g/mol. The van der Waals surface area contributed by atoms with E-state index in [2.05, 4.69) is 17.2 Å². The molecule has 0 spiro atoms. The molecule has 0 aromatic heterocycles. The van der Waals surface area contributed by atoms with Gasteiger partial charge in [0.05, 0.1) is 5.60 Å². The van der Waals surface area contributed by atoms with Crippen molar-refractivity contribution in [3.05, 3.63) is 7.43 Å². The van der Waals surface area contributed by atoms with Gasteiger partial charge in [-0.15, -0.1) is 0 Å². The van der Waals surface area contributed by atoms with Crippen molar-refractivity contribution in [2.45, 2.75) is 83.2 Å². The molecule has 1 atom stereocenters. The largest absolute Gasteiger partial charge is 0.435 e. The number of alkyl halides is 9. The van der Waals surface area contributed by atoms with E-state index in [1.165, 1.54) is 27.3 Å². The molecule has 2 N–H and O–H groups in total. The van der Waals surface area contributed by atoms with Crippen molar-refractivity contribution in [3.63, 3.8) is 0 Å². The number of aliphatic hydroxyl groups is 2. The van der Waals surface area contributed by atoms with Crippen LogP contribution in [-0.2, 0) is 20.9 Å². The van der Waals surface area contributed by atoms with E-state index in [4.69, 9.17) is 10.2 Å². The quantitative estimate of drug-likeness (QED) is 0.335. The van der Waals surface area contributed by atoms with Crippen LogP contribution in [0.1, 0.15) is 47.5 Å². The van der Waals surface area contributed by atoms with Crippen LogP contribution in [0.25, 0.3) is 0 Å². The molecule has 1 unspecified atom stereocenters. The fourth-order valence-electron chi connectivity index (χ4n) is 0.564. The van der Waals surface area contributed by atoms with Crippen LogP contribution in [0.5, 0.6) is 0 Å². The van der Waals surface area contributed by atoms with Crippen LogP contribution in [0.3, 0.4) is 0 Å². The third kappa shape index (κ3) is 12.8. The number of hydrogen-bond donors (Lipinski definition) is 2. The summed E-state index contributed by atoms with van der Waals surface area (Å²) >= 11 is 1.18. The zero-order valence-corrected chi connectivity index (χ0v) is 18.9. The standard InChI is InChI=1S/C5H12O.C4HF9O.C4H9N.CH3.Ta/c1-4-5(2,3)6;5-2(6,7)1(14,3(8,9)10)4(11,12)13;1-3-4(2)5;;/h6H,4H2,1-3H3;14H;4H,3H2,1-2H3;1H3;/q;;;-1;. The van der Waals surface area contributed by atoms with Crippen molar-refractivity contribution in [1.29, 1.82) is 0 Å².